The average Bonchev–Trinajstić information content (AvgIpc) is 3.58. The lowest BCUT2D eigenvalue weighted by Gasteiger charge is -2.20. The van der Waals surface area contributed by atoms with Crippen molar-refractivity contribution in [2.75, 3.05) is 19.0 Å². The summed E-state index contributed by atoms with van der Waals surface area (Å²) in [5, 5.41) is 8.35. The Balaban J connectivity index is 1.38. The zero-order valence-corrected chi connectivity index (χ0v) is 20.0. The van der Waals surface area contributed by atoms with Crippen LogP contribution in [-0.4, -0.2) is 40.3 Å². The monoisotopic (exact) mass is 491 g/mol. The quantitative estimate of drug-likeness (QED) is 0.323. The number of aromatic nitrogens is 2. The molecule has 0 spiro atoms. The fraction of sp³-hybridized carbons (Fsp3) is 0.200. The minimum absolute atomic E-state index is 0.151. The van der Waals surface area contributed by atoms with Crippen LogP contribution in [0, 0.1) is 0 Å². The highest BCUT2D eigenvalue weighted by Gasteiger charge is 2.21. The number of hydrogen-bond acceptors (Lipinski definition) is 8. The molecule has 4 rings (SSSR count). The number of furan rings is 1. The van der Waals surface area contributed by atoms with Crippen LogP contribution in [0.3, 0.4) is 0 Å². The molecule has 0 aliphatic carbocycles. The van der Waals surface area contributed by atoms with Crippen LogP contribution in [0.25, 0.3) is 0 Å². The molecule has 9 nitrogen and oxygen atoms in total. The van der Waals surface area contributed by atoms with Crippen LogP contribution < -0.4 is 15.4 Å². The standard InChI is InChI=1S/C25H25N5O4S/c1-33-20-6-4-19(5-7-20)28-25-29-22(17-35-25)24(32)30(16-21-3-2-14-34-21)13-10-23(31)27-15-18-8-11-26-12-9-18/h2-9,11-12,14,17H,10,13,15-16H2,1H3,(H,27,31)(H,28,29). The third kappa shape index (κ3) is 6.90. The molecule has 0 atom stereocenters. The SMILES string of the molecule is COc1ccc(Nc2nc(C(=O)N(CCC(=O)NCc3ccncc3)Cc3ccco3)cs2)cc1. The third-order valence-corrected chi connectivity index (χ3v) is 5.88. The maximum absolute atomic E-state index is 13.3. The number of ether oxygens (including phenoxy) is 1. The summed E-state index contributed by atoms with van der Waals surface area (Å²) < 4.78 is 10.6. The molecule has 1 aromatic carbocycles. The minimum Gasteiger partial charge on any atom is -0.497 e. The summed E-state index contributed by atoms with van der Waals surface area (Å²) in [6.45, 7) is 0.864. The lowest BCUT2D eigenvalue weighted by atomic mass is 10.2. The van der Waals surface area contributed by atoms with Gasteiger partial charge in [-0.05, 0) is 54.1 Å². The Kier molecular flexibility index (Phi) is 8.08. The first-order chi connectivity index (χ1) is 17.1. The molecule has 3 aromatic heterocycles. The van der Waals surface area contributed by atoms with Crippen LogP contribution in [0.15, 0.2) is 77.0 Å². The maximum atomic E-state index is 13.3. The number of carbonyl (C=O) groups is 2. The molecule has 180 valence electrons. The van der Waals surface area contributed by atoms with Gasteiger partial charge in [0.25, 0.3) is 5.91 Å². The van der Waals surface area contributed by atoms with Crippen molar-refractivity contribution in [1.29, 1.82) is 0 Å². The normalized spacial score (nSPS) is 10.5. The van der Waals surface area contributed by atoms with Crippen molar-refractivity contribution >= 4 is 34.0 Å². The molecule has 2 N–H and O–H groups in total. The molecule has 35 heavy (non-hydrogen) atoms. The molecule has 3 heterocycles. The molecule has 0 saturated carbocycles. The van der Waals surface area contributed by atoms with Crippen LogP contribution in [0.5, 0.6) is 5.75 Å². The van der Waals surface area contributed by atoms with E-state index in [2.05, 4.69) is 20.6 Å². The van der Waals surface area contributed by atoms with Gasteiger partial charge < -0.3 is 24.7 Å². The minimum atomic E-state index is -0.276. The molecule has 0 saturated heterocycles. The second-order valence-electron chi connectivity index (χ2n) is 7.58. The van der Waals surface area contributed by atoms with Crippen molar-refractivity contribution in [3.8, 4) is 5.75 Å². The molecule has 0 aliphatic rings. The molecule has 4 aromatic rings. The number of methoxy groups -OCH3 is 1. The fourth-order valence-corrected chi connectivity index (χ4v) is 3.96. The van der Waals surface area contributed by atoms with E-state index in [-0.39, 0.29) is 31.3 Å². The smallest absolute Gasteiger partial charge is 0.273 e. The second kappa shape index (κ2) is 11.8. The van der Waals surface area contributed by atoms with Crippen molar-refractivity contribution in [3.63, 3.8) is 0 Å². The molecule has 2 amide bonds. The number of hydrogen-bond donors (Lipinski definition) is 2. The van der Waals surface area contributed by atoms with E-state index in [1.54, 1.807) is 48.2 Å². The molecular weight excluding hydrogens is 466 g/mol. The van der Waals surface area contributed by atoms with Gasteiger partial charge >= 0.3 is 0 Å². The first-order valence-corrected chi connectivity index (χ1v) is 11.8. The Morgan fingerprint density at radius 1 is 1.11 bits per heavy atom. The summed E-state index contributed by atoms with van der Waals surface area (Å²) >= 11 is 1.33. The van der Waals surface area contributed by atoms with Gasteiger partial charge in [-0.3, -0.25) is 14.6 Å². The zero-order chi connectivity index (χ0) is 24.5. The Morgan fingerprint density at radius 3 is 2.63 bits per heavy atom. The van der Waals surface area contributed by atoms with Gasteiger partial charge in [-0.15, -0.1) is 11.3 Å². The van der Waals surface area contributed by atoms with Gasteiger partial charge in [0.05, 0.1) is 19.9 Å². The number of amides is 2. The van der Waals surface area contributed by atoms with Gasteiger partial charge in [-0.2, -0.15) is 0 Å². The van der Waals surface area contributed by atoms with E-state index in [0.29, 0.717) is 23.1 Å². The van der Waals surface area contributed by atoms with E-state index in [4.69, 9.17) is 9.15 Å². The van der Waals surface area contributed by atoms with Crippen LogP contribution in [0.2, 0.25) is 0 Å². The molecule has 0 aliphatic heterocycles. The lowest BCUT2D eigenvalue weighted by Crippen LogP contribution is -2.35. The average molecular weight is 492 g/mol. The van der Waals surface area contributed by atoms with Crippen LogP contribution in [-0.2, 0) is 17.9 Å². The van der Waals surface area contributed by atoms with Crippen LogP contribution in [0.4, 0.5) is 10.8 Å². The number of rotatable bonds is 11. The summed E-state index contributed by atoms with van der Waals surface area (Å²) in [7, 11) is 1.61. The zero-order valence-electron chi connectivity index (χ0n) is 19.1. The highest BCUT2D eigenvalue weighted by Crippen LogP contribution is 2.24. The summed E-state index contributed by atoms with van der Waals surface area (Å²) in [5.74, 6) is 0.952. The predicted octanol–water partition coefficient (Wildman–Crippen LogP) is 4.23. The Bertz CT molecular complexity index is 1230. The number of nitrogens with one attached hydrogen (secondary N) is 2. The van der Waals surface area contributed by atoms with Gasteiger partial charge in [0.2, 0.25) is 5.91 Å². The first kappa shape index (κ1) is 24.0. The van der Waals surface area contributed by atoms with E-state index in [1.165, 1.54) is 11.3 Å². The maximum Gasteiger partial charge on any atom is 0.273 e. The highest BCUT2D eigenvalue weighted by atomic mass is 32.1. The summed E-state index contributed by atoms with van der Waals surface area (Å²) in [5.41, 5.74) is 2.09. The fourth-order valence-electron chi connectivity index (χ4n) is 3.26. The Hall–Kier alpha value is -4.18. The highest BCUT2D eigenvalue weighted by molar-refractivity contribution is 7.14. The number of anilines is 2. The number of benzene rings is 1. The van der Waals surface area contributed by atoms with Crippen molar-refractivity contribution in [2.24, 2.45) is 0 Å². The van der Waals surface area contributed by atoms with Crippen molar-refractivity contribution in [1.82, 2.24) is 20.2 Å². The number of nitrogens with zero attached hydrogens (tertiary/aromatic N) is 3. The van der Waals surface area contributed by atoms with E-state index in [9.17, 15) is 9.59 Å². The van der Waals surface area contributed by atoms with Crippen molar-refractivity contribution in [2.45, 2.75) is 19.5 Å². The molecule has 0 fully saturated rings. The van der Waals surface area contributed by atoms with Crippen LogP contribution in [0.1, 0.15) is 28.2 Å². The van der Waals surface area contributed by atoms with Gasteiger partial charge in [-0.1, -0.05) is 0 Å². The van der Waals surface area contributed by atoms with Gasteiger partial charge in [0.1, 0.15) is 17.2 Å². The predicted molar refractivity (Wildman–Crippen MR) is 133 cm³/mol. The first-order valence-electron chi connectivity index (χ1n) is 10.9. The molecule has 0 bridgehead atoms. The van der Waals surface area contributed by atoms with Gasteiger partial charge in [0, 0.05) is 43.0 Å². The molecule has 10 heteroatoms. The van der Waals surface area contributed by atoms with Crippen molar-refractivity contribution < 1.29 is 18.7 Å². The van der Waals surface area contributed by atoms with Crippen LogP contribution >= 0.6 is 11.3 Å². The van der Waals surface area contributed by atoms with E-state index in [1.807, 2.05) is 36.4 Å². The topological polar surface area (TPSA) is 110 Å². The largest absolute Gasteiger partial charge is 0.497 e. The number of carbonyl (C=O) groups excluding carboxylic acids is 2. The summed E-state index contributed by atoms with van der Waals surface area (Å²) in [6.07, 6.45) is 5.06. The van der Waals surface area contributed by atoms with E-state index < -0.39 is 0 Å². The van der Waals surface area contributed by atoms with Crippen molar-refractivity contribution in [3.05, 3.63) is 89.6 Å². The van der Waals surface area contributed by atoms with Gasteiger partial charge in [0.15, 0.2) is 5.13 Å². The lowest BCUT2D eigenvalue weighted by molar-refractivity contribution is -0.121. The molecular formula is C25H25N5O4S. The number of thiazole rings is 1. The summed E-state index contributed by atoms with van der Waals surface area (Å²) in [4.78, 5) is 35.7. The Labute approximate surface area is 206 Å². The molecule has 0 radical (unpaired) electrons. The second-order valence-corrected chi connectivity index (χ2v) is 8.44. The molecule has 0 unspecified atom stereocenters. The van der Waals surface area contributed by atoms with E-state index >= 15 is 0 Å². The van der Waals surface area contributed by atoms with E-state index in [0.717, 1.165) is 17.0 Å². The summed E-state index contributed by atoms with van der Waals surface area (Å²) in [6, 6.07) is 14.7. The third-order valence-electron chi connectivity index (χ3n) is 5.13. The van der Waals surface area contributed by atoms with Gasteiger partial charge in [-0.25, -0.2) is 4.98 Å². The number of pyridine rings is 1. The Morgan fingerprint density at radius 2 is 1.91 bits per heavy atom.